The van der Waals surface area contributed by atoms with Crippen molar-refractivity contribution in [2.24, 2.45) is 0 Å². The van der Waals surface area contributed by atoms with Gasteiger partial charge in [-0.25, -0.2) is 4.79 Å². The molecule has 1 aromatic heterocycles. The van der Waals surface area contributed by atoms with E-state index < -0.39 is 12.1 Å². The Morgan fingerprint density at radius 3 is 1.92 bits per heavy atom. The summed E-state index contributed by atoms with van der Waals surface area (Å²) >= 11 is 0. The molecule has 37 heavy (non-hydrogen) atoms. The van der Waals surface area contributed by atoms with Crippen LogP contribution in [0.3, 0.4) is 0 Å². The van der Waals surface area contributed by atoms with Crippen LogP contribution in [0.4, 0.5) is 4.79 Å². The van der Waals surface area contributed by atoms with E-state index in [-0.39, 0.29) is 6.04 Å². The second-order valence-corrected chi connectivity index (χ2v) is 9.25. The first-order valence-corrected chi connectivity index (χ1v) is 12.6. The summed E-state index contributed by atoms with van der Waals surface area (Å²) in [7, 11) is 0. The summed E-state index contributed by atoms with van der Waals surface area (Å²) in [5.41, 5.74) is 5.52. The van der Waals surface area contributed by atoms with Gasteiger partial charge in [0.05, 0.1) is 6.04 Å². The van der Waals surface area contributed by atoms with Gasteiger partial charge in [-0.3, -0.25) is 10.2 Å². The molecule has 0 aliphatic carbocycles. The van der Waals surface area contributed by atoms with E-state index in [0.29, 0.717) is 24.3 Å². The first kappa shape index (κ1) is 26.1. The molecular weight excluding hydrogens is 462 g/mol. The maximum Gasteiger partial charge on any atom is 0.431 e. The fourth-order valence-electron chi connectivity index (χ4n) is 4.54. The van der Waals surface area contributed by atoms with E-state index in [9.17, 15) is 15.1 Å². The molecule has 6 heteroatoms. The molecule has 0 spiro atoms. The molecule has 0 bridgehead atoms. The van der Waals surface area contributed by atoms with Crippen LogP contribution in [0, 0.1) is 0 Å². The van der Waals surface area contributed by atoms with Crippen LogP contribution in [0.15, 0.2) is 109 Å². The third kappa shape index (κ3) is 8.00. The second-order valence-electron chi connectivity index (χ2n) is 9.25. The SMILES string of the molecule is O=C(O)N(O)C(CC[C@@H](Cc1ccccc1)NCc1ccccc1)Cc1ccc(-c2ccncc2)cc1. The zero-order valence-corrected chi connectivity index (χ0v) is 20.8. The number of aromatic nitrogens is 1. The fraction of sp³-hybridized carbons (Fsp3) is 0.226. The van der Waals surface area contributed by atoms with Crippen molar-refractivity contribution in [1.82, 2.24) is 15.4 Å². The van der Waals surface area contributed by atoms with E-state index in [0.717, 1.165) is 29.7 Å². The summed E-state index contributed by atoms with van der Waals surface area (Å²) in [6.07, 6.45) is 4.66. The molecule has 1 unspecified atom stereocenters. The molecule has 2 atom stereocenters. The van der Waals surface area contributed by atoms with Crippen molar-refractivity contribution < 1.29 is 15.1 Å². The zero-order chi connectivity index (χ0) is 25.9. The molecule has 4 rings (SSSR count). The van der Waals surface area contributed by atoms with E-state index in [1.165, 1.54) is 11.1 Å². The Balaban J connectivity index is 1.44. The average Bonchev–Trinajstić information content (AvgIpc) is 2.95. The van der Waals surface area contributed by atoms with E-state index >= 15 is 0 Å². The van der Waals surface area contributed by atoms with Crippen molar-refractivity contribution in [3.63, 3.8) is 0 Å². The minimum Gasteiger partial charge on any atom is -0.463 e. The quantitative estimate of drug-likeness (QED) is 0.161. The zero-order valence-electron chi connectivity index (χ0n) is 20.8. The lowest BCUT2D eigenvalue weighted by atomic mass is 9.95. The highest BCUT2D eigenvalue weighted by atomic mass is 16.6. The van der Waals surface area contributed by atoms with E-state index in [1.807, 2.05) is 72.8 Å². The molecule has 190 valence electrons. The summed E-state index contributed by atoms with van der Waals surface area (Å²) in [4.78, 5) is 15.7. The predicted octanol–water partition coefficient (Wildman–Crippen LogP) is 6.21. The molecule has 1 amide bonds. The van der Waals surface area contributed by atoms with Gasteiger partial charge < -0.3 is 10.4 Å². The van der Waals surface area contributed by atoms with Crippen LogP contribution in [0.2, 0.25) is 0 Å². The summed E-state index contributed by atoms with van der Waals surface area (Å²) in [5.74, 6) is 0. The Bertz CT molecular complexity index is 1220. The topological polar surface area (TPSA) is 85.7 Å². The van der Waals surface area contributed by atoms with Gasteiger partial charge in [0.15, 0.2) is 0 Å². The Kier molecular flexibility index (Phi) is 9.41. The van der Waals surface area contributed by atoms with Gasteiger partial charge >= 0.3 is 6.09 Å². The number of nitrogens with zero attached hydrogens (tertiary/aromatic N) is 2. The van der Waals surface area contributed by atoms with Crippen LogP contribution in [0.1, 0.15) is 29.5 Å². The van der Waals surface area contributed by atoms with Gasteiger partial charge in [0.1, 0.15) is 0 Å². The fourth-order valence-corrected chi connectivity index (χ4v) is 4.54. The maximum atomic E-state index is 11.7. The molecule has 0 fully saturated rings. The lowest BCUT2D eigenvalue weighted by molar-refractivity contribution is -0.0986. The number of rotatable bonds is 12. The van der Waals surface area contributed by atoms with Gasteiger partial charge in [-0.2, -0.15) is 5.06 Å². The molecule has 0 aliphatic heterocycles. The predicted molar refractivity (Wildman–Crippen MR) is 145 cm³/mol. The number of carbonyl (C=O) groups is 1. The standard InChI is InChI=1S/C31H33N3O3/c35-31(36)34(37)30(22-25-11-13-27(14-12-25)28-17-19-32-20-18-28)16-15-29(21-24-7-3-1-4-8-24)33-23-26-9-5-2-6-10-26/h1-14,17-20,29-30,33,37H,15-16,21-23H2,(H,35,36)/t29-,30?/m0/s1. The van der Waals surface area contributed by atoms with E-state index in [2.05, 4.69) is 34.6 Å². The van der Waals surface area contributed by atoms with Crippen molar-refractivity contribution in [3.8, 4) is 11.1 Å². The second kappa shape index (κ2) is 13.3. The van der Waals surface area contributed by atoms with Crippen LogP contribution in [0.5, 0.6) is 0 Å². The van der Waals surface area contributed by atoms with Crippen molar-refractivity contribution in [3.05, 3.63) is 126 Å². The number of pyridine rings is 1. The number of benzene rings is 3. The number of hydrogen-bond donors (Lipinski definition) is 3. The van der Waals surface area contributed by atoms with Crippen molar-refractivity contribution >= 4 is 6.09 Å². The Labute approximate surface area is 218 Å². The van der Waals surface area contributed by atoms with Gasteiger partial charge in [-0.05, 0) is 65.6 Å². The smallest absolute Gasteiger partial charge is 0.431 e. The molecule has 3 aromatic carbocycles. The van der Waals surface area contributed by atoms with Gasteiger partial charge in [-0.1, -0.05) is 84.9 Å². The largest absolute Gasteiger partial charge is 0.463 e. The van der Waals surface area contributed by atoms with E-state index in [4.69, 9.17) is 0 Å². The lowest BCUT2D eigenvalue weighted by Gasteiger charge is -2.27. The molecule has 1 heterocycles. The third-order valence-corrected chi connectivity index (χ3v) is 6.59. The Hall–Kier alpha value is -4.00. The highest BCUT2D eigenvalue weighted by molar-refractivity contribution is 5.64. The molecular formula is C31H33N3O3. The van der Waals surface area contributed by atoms with E-state index in [1.54, 1.807) is 12.4 Å². The highest BCUT2D eigenvalue weighted by Gasteiger charge is 2.24. The Morgan fingerprint density at radius 1 is 0.730 bits per heavy atom. The van der Waals surface area contributed by atoms with Crippen molar-refractivity contribution in [1.29, 1.82) is 0 Å². The van der Waals surface area contributed by atoms with Crippen molar-refractivity contribution in [2.75, 3.05) is 0 Å². The van der Waals surface area contributed by atoms with Gasteiger partial charge in [-0.15, -0.1) is 0 Å². The van der Waals surface area contributed by atoms with Crippen LogP contribution in [-0.4, -0.2) is 38.5 Å². The first-order valence-electron chi connectivity index (χ1n) is 12.6. The summed E-state index contributed by atoms with van der Waals surface area (Å²) in [6.45, 7) is 0.723. The minimum absolute atomic E-state index is 0.126. The summed E-state index contributed by atoms with van der Waals surface area (Å²) in [6, 6.07) is 32.0. The first-order chi connectivity index (χ1) is 18.1. The highest BCUT2D eigenvalue weighted by Crippen LogP contribution is 2.21. The third-order valence-electron chi connectivity index (χ3n) is 6.59. The summed E-state index contributed by atoms with van der Waals surface area (Å²) < 4.78 is 0. The van der Waals surface area contributed by atoms with Gasteiger partial charge in [0.25, 0.3) is 0 Å². The average molecular weight is 496 g/mol. The van der Waals surface area contributed by atoms with Crippen molar-refractivity contribution in [2.45, 2.75) is 44.3 Å². The van der Waals surface area contributed by atoms with Crippen LogP contribution in [-0.2, 0) is 19.4 Å². The monoisotopic (exact) mass is 495 g/mol. The Morgan fingerprint density at radius 2 is 1.30 bits per heavy atom. The molecule has 3 N–H and O–H groups in total. The maximum absolute atomic E-state index is 11.7. The molecule has 4 aromatic rings. The van der Waals surface area contributed by atoms with Crippen LogP contribution in [0.25, 0.3) is 11.1 Å². The molecule has 0 radical (unpaired) electrons. The molecule has 0 saturated heterocycles. The number of amides is 1. The van der Waals surface area contributed by atoms with Crippen LogP contribution >= 0.6 is 0 Å². The number of hydroxylamine groups is 2. The van der Waals surface area contributed by atoms with Crippen LogP contribution < -0.4 is 5.32 Å². The normalized spacial score (nSPS) is 12.6. The lowest BCUT2D eigenvalue weighted by Crippen LogP contribution is -2.40. The van der Waals surface area contributed by atoms with Gasteiger partial charge in [0, 0.05) is 25.0 Å². The van der Waals surface area contributed by atoms with Gasteiger partial charge in [0.2, 0.25) is 0 Å². The molecule has 0 aliphatic rings. The summed E-state index contributed by atoms with van der Waals surface area (Å²) in [5, 5.41) is 24.0. The number of hydrogen-bond acceptors (Lipinski definition) is 4. The minimum atomic E-state index is -1.34. The molecule has 6 nitrogen and oxygen atoms in total. The number of nitrogens with one attached hydrogen (secondary N) is 1. The molecule has 0 saturated carbocycles. The number of carboxylic acid groups (broad SMARTS) is 1.